The number of aromatic nitrogens is 5. The van der Waals surface area contributed by atoms with Crippen LogP contribution in [0.25, 0.3) is 45.1 Å². The Morgan fingerprint density at radius 2 is 0.897 bits per heavy atom. The van der Waals surface area contributed by atoms with Crippen molar-refractivity contribution >= 4 is 22.1 Å². The minimum absolute atomic E-state index is 0. The number of pyridine rings is 1. The molecule has 0 bridgehead atoms. The summed E-state index contributed by atoms with van der Waals surface area (Å²) in [6.45, 7) is 0. The zero-order chi connectivity index (χ0) is 23.9. The van der Waals surface area contributed by atoms with E-state index >= 15 is 0 Å². The third-order valence-corrected chi connectivity index (χ3v) is 8.28. The third kappa shape index (κ3) is 5.50. The van der Waals surface area contributed by atoms with Crippen LogP contribution >= 0.6 is 0 Å². The van der Waals surface area contributed by atoms with E-state index in [4.69, 9.17) is 15.0 Å². The summed E-state index contributed by atoms with van der Waals surface area (Å²) in [4.78, 5) is 15.5. The van der Waals surface area contributed by atoms with Crippen LogP contribution in [0.2, 0.25) is 0 Å². The van der Waals surface area contributed by atoms with Crippen LogP contribution in [0.1, 0.15) is 76.3 Å². The van der Waals surface area contributed by atoms with E-state index < -0.39 is 0 Å². The van der Waals surface area contributed by atoms with Crippen LogP contribution in [0.5, 0.6) is 0 Å². The topological polar surface area (TPSA) is 48.5 Å². The Kier molecular flexibility index (Phi) is 9.77. The van der Waals surface area contributed by atoms with E-state index in [0.717, 1.165) is 34.1 Å². The first-order valence-electron chi connectivity index (χ1n) is 13.8. The summed E-state index contributed by atoms with van der Waals surface area (Å²) in [6, 6.07) is 24.5. The van der Waals surface area contributed by atoms with Crippen molar-refractivity contribution in [3.05, 3.63) is 66.7 Å². The fourth-order valence-electron chi connectivity index (χ4n) is 6.55. The van der Waals surface area contributed by atoms with Crippen molar-refractivity contribution in [1.29, 1.82) is 0 Å². The van der Waals surface area contributed by atoms with Gasteiger partial charge in [-0.05, 0) is 62.1 Å². The molecule has 0 atom stereocenters. The molecule has 5 nitrogen and oxygen atoms in total. The quantitative estimate of drug-likeness (QED) is 0.297. The monoisotopic (exact) mass is 601 g/mol. The summed E-state index contributed by atoms with van der Waals surface area (Å²) in [6.07, 6.45) is 12.7. The molecule has 0 amide bonds. The van der Waals surface area contributed by atoms with Gasteiger partial charge in [0, 0.05) is 12.1 Å². The Hall–Kier alpha value is -2.37. The van der Waals surface area contributed by atoms with Gasteiger partial charge in [-0.2, -0.15) is 0 Å². The number of rotatable bonds is 4. The maximum absolute atomic E-state index is 5.25. The van der Waals surface area contributed by atoms with Gasteiger partial charge in [0.2, 0.25) is 0 Å². The van der Waals surface area contributed by atoms with Crippen LogP contribution in [-0.2, 0) is 17.1 Å². The number of benzene rings is 2. The number of halogens is 2. The molecule has 2 aliphatic carbocycles. The number of imidazole rings is 2. The Morgan fingerprint density at radius 1 is 0.487 bits per heavy atom. The predicted octanol–water partition coefficient (Wildman–Crippen LogP) is 2.13. The van der Waals surface area contributed by atoms with E-state index in [-0.39, 0.29) is 41.9 Å². The summed E-state index contributed by atoms with van der Waals surface area (Å²) in [5, 5.41) is 0. The second-order valence-electron chi connectivity index (χ2n) is 10.6. The molecule has 3 aromatic heterocycles. The average Bonchev–Trinajstić information content (AvgIpc) is 3.53. The third-order valence-electron chi connectivity index (χ3n) is 8.28. The zero-order valence-electron chi connectivity index (χ0n) is 21.9. The van der Waals surface area contributed by atoms with Crippen LogP contribution in [0.15, 0.2) is 66.7 Å². The first-order chi connectivity index (χ1) is 17.9. The van der Waals surface area contributed by atoms with Gasteiger partial charge in [0.15, 0.2) is 11.6 Å². The molecule has 39 heavy (non-hydrogen) atoms. The number of fused-ring (bicyclic) bond motifs is 2. The van der Waals surface area contributed by atoms with E-state index in [1.807, 2.05) is 0 Å². The normalized spacial score (nSPS) is 16.4. The fourth-order valence-corrected chi connectivity index (χ4v) is 6.55. The molecule has 0 aliphatic heterocycles. The molecule has 0 radical (unpaired) electrons. The number of nitrogens with zero attached hydrogens (tertiary/aromatic N) is 5. The first kappa shape index (κ1) is 29.6. The van der Waals surface area contributed by atoms with Crippen LogP contribution < -0.4 is 24.8 Å². The molecule has 0 spiro atoms. The molecule has 0 unspecified atom stereocenters. The van der Waals surface area contributed by atoms with Crippen LogP contribution in [0, 0.1) is 0 Å². The van der Waals surface area contributed by atoms with Gasteiger partial charge in [-0.3, -0.25) is 0 Å². The summed E-state index contributed by atoms with van der Waals surface area (Å²) in [5.74, 6) is 1.98. The van der Waals surface area contributed by atoms with Gasteiger partial charge in [0.1, 0.15) is 11.4 Å². The molecule has 204 valence electrons. The van der Waals surface area contributed by atoms with Gasteiger partial charge in [-0.25, -0.2) is 15.0 Å². The van der Waals surface area contributed by atoms with Crippen molar-refractivity contribution in [3.63, 3.8) is 0 Å². The minimum atomic E-state index is 0. The van der Waals surface area contributed by atoms with Crippen molar-refractivity contribution in [3.8, 4) is 23.0 Å². The first-order valence-corrected chi connectivity index (χ1v) is 13.8. The van der Waals surface area contributed by atoms with Crippen LogP contribution in [-0.4, -0.2) is 24.1 Å². The van der Waals surface area contributed by atoms with Crippen LogP contribution in [0.3, 0.4) is 0 Å². The number of hydrogen-bond acceptors (Lipinski definition) is 3. The maximum Gasteiger partial charge on any atom is 2.00 e. The standard InChI is InChI=1S/C31H33N5.2ClH.Fe/c1-3-12-22(13-4-1)35-28-20-9-7-16-24(28)33-30(35)26-18-11-19-27(32-26)31-34-25-17-8-10-21-29(25)36(31)23-14-5-2-6-15-23;;;/h7-11,16-23H,1-6,12-15H2;2*1H;/q;;;+2/p-2. The van der Waals surface area contributed by atoms with Crippen molar-refractivity contribution in [2.45, 2.75) is 76.3 Å². The molecule has 8 heteroatoms. The van der Waals surface area contributed by atoms with Gasteiger partial charge in [0.05, 0.1) is 22.1 Å². The predicted molar refractivity (Wildman–Crippen MR) is 146 cm³/mol. The molecule has 5 aromatic rings. The Morgan fingerprint density at radius 3 is 1.33 bits per heavy atom. The van der Waals surface area contributed by atoms with Gasteiger partial charge >= 0.3 is 17.1 Å². The van der Waals surface area contributed by atoms with Crippen LogP contribution in [0.4, 0.5) is 0 Å². The molecule has 0 N–H and O–H groups in total. The van der Waals surface area contributed by atoms with Gasteiger partial charge in [-0.15, -0.1) is 0 Å². The number of para-hydroxylation sites is 4. The molecule has 2 saturated carbocycles. The molecule has 2 aliphatic rings. The van der Waals surface area contributed by atoms with Crippen molar-refractivity contribution in [1.82, 2.24) is 24.1 Å². The molecular weight excluding hydrogens is 569 g/mol. The Bertz CT molecular complexity index is 1420. The van der Waals surface area contributed by atoms with E-state index in [2.05, 4.69) is 75.9 Å². The van der Waals surface area contributed by atoms with Crippen molar-refractivity contribution in [2.75, 3.05) is 0 Å². The summed E-state index contributed by atoms with van der Waals surface area (Å²) >= 11 is 0. The Balaban J connectivity index is 0.00000118. The molecule has 7 rings (SSSR count). The van der Waals surface area contributed by atoms with Crippen molar-refractivity contribution in [2.24, 2.45) is 0 Å². The van der Waals surface area contributed by atoms with Gasteiger partial charge in [0.25, 0.3) is 0 Å². The van der Waals surface area contributed by atoms with E-state index in [1.54, 1.807) is 0 Å². The van der Waals surface area contributed by atoms with E-state index in [1.165, 1.54) is 75.2 Å². The van der Waals surface area contributed by atoms with Gasteiger partial charge < -0.3 is 33.9 Å². The van der Waals surface area contributed by atoms with Crippen molar-refractivity contribution < 1.29 is 41.9 Å². The van der Waals surface area contributed by atoms with E-state index in [9.17, 15) is 0 Å². The van der Waals surface area contributed by atoms with Gasteiger partial charge in [-0.1, -0.05) is 68.9 Å². The summed E-state index contributed by atoms with van der Waals surface area (Å²) < 4.78 is 4.95. The molecular formula is C31H33Cl2FeN5. The average molecular weight is 602 g/mol. The Labute approximate surface area is 253 Å². The zero-order valence-corrected chi connectivity index (χ0v) is 24.5. The van der Waals surface area contributed by atoms with E-state index in [0.29, 0.717) is 12.1 Å². The smallest absolute Gasteiger partial charge is 1.00 e. The molecule has 0 saturated heterocycles. The second-order valence-corrected chi connectivity index (χ2v) is 10.6. The minimum Gasteiger partial charge on any atom is -1.00 e. The maximum atomic E-state index is 5.25. The second kappa shape index (κ2) is 12.9. The molecule has 2 fully saturated rings. The fraction of sp³-hybridized carbons (Fsp3) is 0.387. The molecule has 3 heterocycles. The molecule has 2 aromatic carbocycles. The number of hydrogen-bond donors (Lipinski definition) is 0. The SMILES string of the molecule is [Cl-].[Cl-].[Fe+2].c1cc(-c2nc3ccccc3n2C2CCCCC2)nc(-c2nc3ccccc3n2C2CCCCC2)c1. The largest absolute Gasteiger partial charge is 2.00 e. The summed E-state index contributed by atoms with van der Waals surface area (Å²) in [7, 11) is 0. The summed E-state index contributed by atoms with van der Waals surface area (Å²) in [5.41, 5.74) is 6.44.